The van der Waals surface area contributed by atoms with Crippen LogP contribution in [0.25, 0.3) is 23.3 Å². The Hall–Kier alpha value is -4.88. The lowest BCUT2D eigenvalue weighted by Crippen LogP contribution is -2.37. The number of anilines is 2. The number of allylic oxidation sites excluding steroid dienone is 7. The van der Waals surface area contributed by atoms with Gasteiger partial charge in [0.1, 0.15) is 0 Å². The summed E-state index contributed by atoms with van der Waals surface area (Å²) in [6.07, 6.45) is 16.7. The Morgan fingerprint density at radius 1 is 0.500 bits per heavy atom. The monoisotopic (exact) mass is 595 g/mol. The topological polar surface area (TPSA) is 3.24 Å². The third-order valence-electron chi connectivity index (χ3n) is 10.2. The lowest BCUT2D eigenvalue weighted by atomic mass is 9.63. The second-order valence-corrected chi connectivity index (χ2v) is 15.1. The molecule has 4 aliphatic rings. The molecule has 1 nitrogen and oxygen atoms in total. The van der Waals surface area contributed by atoms with E-state index in [9.17, 15) is 0 Å². The second kappa shape index (κ2) is 10.1. The van der Waals surface area contributed by atoms with Crippen molar-refractivity contribution in [1.82, 2.24) is 0 Å². The van der Waals surface area contributed by atoms with Crippen molar-refractivity contribution in [2.45, 2.75) is 52.4 Å². The molecule has 0 N–H and O–H groups in total. The number of rotatable bonds is 3. The average Bonchev–Trinajstić information content (AvgIpc) is 3.62. The number of hydrogen-bond donors (Lipinski definition) is 0. The number of nitrogens with zero attached hydrogens (tertiary/aromatic N) is 1. The highest BCUT2D eigenvalue weighted by atomic mass is 15.2. The van der Waals surface area contributed by atoms with Gasteiger partial charge in [0, 0.05) is 17.1 Å². The third-order valence-corrected chi connectivity index (χ3v) is 10.2. The zero-order chi connectivity index (χ0) is 31.8. The highest BCUT2D eigenvalue weighted by molar-refractivity contribution is 6.06. The first-order valence-corrected chi connectivity index (χ1v) is 16.5. The highest BCUT2D eigenvalue weighted by Gasteiger charge is 2.50. The van der Waals surface area contributed by atoms with Gasteiger partial charge in [-0.05, 0) is 109 Å². The maximum absolute atomic E-state index is 2.51. The SMILES string of the molecule is CC(C)(C)c1ccc(N(C2=CC=C3C(=Cc4ccccc43)C23C=CC=C2C3=Cc3ccccc32)c2ccc(C(C)(C)C)cc2)cc1. The average molecular weight is 596 g/mol. The smallest absolute Gasteiger partial charge is 0.0803 e. The van der Waals surface area contributed by atoms with Gasteiger partial charge in [-0.3, -0.25) is 0 Å². The second-order valence-electron chi connectivity index (χ2n) is 15.1. The number of benzene rings is 4. The first kappa shape index (κ1) is 28.6. The molecule has 46 heavy (non-hydrogen) atoms. The van der Waals surface area contributed by atoms with Crippen molar-refractivity contribution in [2.75, 3.05) is 4.90 Å². The van der Waals surface area contributed by atoms with E-state index in [-0.39, 0.29) is 10.8 Å². The van der Waals surface area contributed by atoms with Crippen molar-refractivity contribution in [3.05, 3.63) is 178 Å². The molecule has 0 bridgehead atoms. The van der Waals surface area contributed by atoms with Gasteiger partial charge in [-0.2, -0.15) is 0 Å². The normalized spacial score (nSPS) is 19.3. The molecule has 0 heterocycles. The molecule has 0 saturated carbocycles. The summed E-state index contributed by atoms with van der Waals surface area (Å²) in [5, 5.41) is 0. The quantitative estimate of drug-likeness (QED) is 0.228. The molecule has 226 valence electrons. The van der Waals surface area contributed by atoms with Crippen molar-refractivity contribution in [1.29, 1.82) is 0 Å². The summed E-state index contributed by atoms with van der Waals surface area (Å²) < 4.78 is 0. The number of hydrogen-bond acceptors (Lipinski definition) is 1. The van der Waals surface area contributed by atoms with Gasteiger partial charge in [-0.15, -0.1) is 0 Å². The molecule has 0 amide bonds. The summed E-state index contributed by atoms with van der Waals surface area (Å²) >= 11 is 0. The van der Waals surface area contributed by atoms with Crippen LogP contribution in [0.4, 0.5) is 11.4 Å². The van der Waals surface area contributed by atoms with E-state index in [1.165, 1.54) is 61.4 Å². The van der Waals surface area contributed by atoms with Gasteiger partial charge in [0.05, 0.1) is 5.41 Å². The van der Waals surface area contributed by atoms with E-state index < -0.39 is 5.41 Å². The van der Waals surface area contributed by atoms with Crippen molar-refractivity contribution < 1.29 is 0 Å². The third kappa shape index (κ3) is 4.29. The van der Waals surface area contributed by atoms with E-state index in [1.54, 1.807) is 0 Å². The van der Waals surface area contributed by atoms with E-state index in [4.69, 9.17) is 0 Å². The van der Waals surface area contributed by atoms with Gasteiger partial charge in [0.2, 0.25) is 0 Å². The number of fused-ring (bicyclic) bond motifs is 8. The van der Waals surface area contributed by atoms with E-state index in [0.29, 0.717) is 0 Å². The van der Waals surface area contributed by atoms with Gasteiger partial charge in [0.25, 0.3) is 0 Å². The zero-order valence-corrected chi connectivity index (χ0v) is 27.7. The van der Waals surface area contributed by atoms with Crippen LogP contribution < -0.4 is 4.90 Å². The summed E-state index contributed by atoms with van der Waals surface area (Å²) in [4.78, 5) is 2.51. The van der Waals surface area contributed by atoms with Gasteiger partial charge in [-0.1, -0.05) is 139 Å². The first-order valence-electron chi connectivity index (χ1n) is 16.5. The summed E-state index contributed by atoms with van der Waals surface area (Å²) in [6, 6.07) is 36.1. The fourth-order valence-corrected chi connectivity index (χ4v) is 7.67. The predicted molar refractivity (Wildman–Crippen MR) is 197 cm³/mol. The molecular weight excluding hydrogens is 555 g/mol. The summed E-state index contributed by atoms with van der Waals surface area (Å²) in [6.45, 7) is 13.7. The minimum absolute atomic E-state index is 0.0767. The molecule has 4 aromatic rings. The molecule has 1 heteroatoms. The first-order chi connectivity index (χ1) is 22.1. The molecule has 0 radical (unpaired) electrons. The van der Waals surface area contributed by atoms with E-state index in [0.717, 1.165) is 11.4 Å². The maximum atomic E-state index is 2.51. The van der Waals surface area contributed by atoms with Crippen LogP contribution in [0.5, 0.6) is 0 Å². The molecule has 0 aliphatic heterocycles. The van der Waals surface area contributed by atoms with Crippen LogP contribution in [0.15, 0.2) is 144 Å². The van der Waals surface area contributed by atoms with Crippen LogP contribution >= 0.6 is 0 Å². The Labute approximate surface area is 274 Å². The van der Waals surface area contributed by atoms with Crippen LogP contribution in [-0.2, 0) is 10.8 Å². The zero-order valence-electron chi connectivity index (χ0n) is 27.7. The molecule has 4 aliphatic carbocycles. The van der Waals surface area contributed by atoms with Crippen molar-refractivity contribution in [3.8, 4) is 0 Å². The summed E-state index contributed by atoms with van der Waals surface area (Å²) in [7, 11) is 0. The molecular formula is C45H41N. The Balaban J connectivity index is 1.39. The van der Waals surface area contributed by atoms with Crippen molar-refractivity contribution in [2.24, 2.45) is 5.41 Å². The lowest BCUT2D eigenvalue weighted by Gasteiger charge is -2.46. The lowest BCUT2D eigenvalue weighted by molar-refractivity contribution is 0.590. The summed E-state index contributed by atoms with van der Waals surface area (Å²) in [5.74, 6) is 0. The fraction of sp³-hybridized carbons (Fsp3) is 0.200. The standard InChI is InChI=1S/C45H41N/c1-43(2,3)32-17-21-34(22-18-32)46(35-23-19-33(20-24-35)44(4,5)6)42-26-25-39-37-15-10-8-13-31(37)29-41(39)45(42)27-11-16-38-36-14-9-7-12-30(36)28-40(38)45/h7-29H,1-6H3. The molecule has 0 saturated heterocycles. The minimum Gasteiger partial charge on any atom is -0.313 e. The molecule has 0 aromatic heterocycles. The van der Waals surface area contributed by atoms with Gasteiger partial charge in [0.15, 0.2) is 0 Å². The Kier molecular flexibility index (Phi) is 6.25. The van der Waals surface area contributed by atoms with Crippen LogP contribution in [0, 0.1) is 5.41 Å². The van der Waals surface area contributed by atoms with E-state index in [1.807, 2.05) is 0 Å². The van der Waals surface area contributed by atoms with Gasteiger partial charge in [-0.25, -0.2) is 0 Å². The highest BCUT2D eigenvalue weighted by Crippen LogP contribution is 2.63. The Bertz CT molecular complexity index is 2000. The maximum Gasteiger partial charge on any atom is 0.0803 e. The predicted octanol–water partition coefficient (Wildman–Crippen LogP) is 11.8. The molecule has 8 rings (SSSR count). The Morgan fingerprint density at radius 3 is 1.43 bits per heavy atom. The summed E-state index contributed by atoms with van der Waals surface area (Å²) in [5.41, 5.74) is 16.4. The van der Waals surface area contributed by atoms with Crippen LogP contribution in [0.2, 0.25) is 0 Å². The molecule has 4 aromatic carbocycles. The van der Waals surface area contributed by atoms with E-state index >= 15 is 0 Å². The van der Waals surface area contributed by atoms with Gasteiger partial charge < -0.3 is 4.90 Å². The van der Waals surface area contributed by atoms with Crippen LogP contribution in [0.3, 0.4) is 0 Å². The minimum atomic E-state index is -0.488. The molecule has 0 fully saturated rings. The van der Waals surface area contributed by atoms with Gasteiger partial charge >= 0.3 is 0 Å². The molecule has 1 spiro atoms. The molecule has 1 atom stereocenters. The van der Waals surface area contributed by atoms with E-state index in [2.05, 4.69) is 186 Å². The Morgan fingerprint density at radius 2 is 0.957 bits per heavy atom. The van der Waals surface area contributed by atoms with Crippen molar-refractivity contribution in [3.63, 3.8) is 0 Å². The van der Waals surface area contributed by atoms with Crippen molar-refractivity contribution >= 4 is 34.7 Å². The fourth-order valence-electron chi connectivity index (χ4n) is 7.67. The van der Waals surface area contributed by atoms with Crippen LogP contribution in [0.1, 0.15) is 74.9 Å². The largest absolute Gasteiger partial charge is 0.313 e. The van der Waals surface area contributed by atoms with Crippen LogP contribution in [-0.4, -0.2) is 0 Å². The molecule has 1 unspecified atom stereocenters.